The van der Waals surface area contributed by atoms with E-state index >= 15 is 0 Å². The molecule has 8 nitrogen and oxygen atoms in total. The van der Waals surface area contributed by atoms with E-state index in [9.17, 15) is 14.4 Å². The van der Waals surface area contributed by atoms with Gasteiger partial charge in [0.1, 0.15) is 11.9 Å². The summed E-state index contributed by atoms with van der Waals surface area (Å²) in [5.74, 6) is -0.0482. The first-order valence-corrected chi connectivity index (χ1v) is 9.59. The van der Waals surface area contributed by atoms with Crippen LogP contribution in [0.25, 0.3) is 0 Å². The van der Waals surface area contributed by atoms with E-state index in [1.807, 2.05) is 36.2 Å². The molecule has 0 radical (unpaired) electrons. The number of imide groups is 1. The summed E-state index contributed by atoms with van der Waals surface area (Å²) >= 11 is 0. The van der Waals surface area contributed by atoms with E-state index in [0.717, 1.165) is 22.5 Å². The number of carbonyl (C=O) groups is 3. The Morgan fingerprint density at radius 2 is 2.10 bits per heavy atom. The summed E-state index contributed by atoms with van der Waals surface area (Å²) in [6.07, 6.45) is 2.34. The minimum atomic E-state index is -0.610. The lowest BCUT2D eigenvalue weighted by molar-refractivity contribution is -0.136. The number of nitrogens with zero attached hydrogens (tertiary/aromatic N) is 3. The van der Waals surface area contributed by atoms with Crippen LogP contribution in [-0.2, 0) is 29.2 Å². The standard InChI is InChI=1S/C21H23N5O3/c1-25(18-9-13(10-22)7-8-23-18)11-14-3-2-4-15-16(14)12-26(21(15)29)17-5-6-19(27)24-20(17)28/h2-4,7-9,17H,5-6,10-12,22H2,1H3,(H,24,27,28). The lowest BCUT2D eigenvalue weighted by atomic mass is 10.0. The molecule has 29 heavy (non-hydrogen) atoms. The van der Waals surface area contributed by atoms with Crippen LogP contribution in [0.5, 0.6) is 0 Å². The highest BCUT2D eigenvalue weighted by atomic mass is 16.2. The molecule has 1 atom stereocenters. The number of pyridine rings is 1. The van der Waals surface area contributed by atoms with Gasteiger partial charge in [-0.2, -0.15) is 0 Å². The van der Waals surface area contributed by atoms with Crippen LogP contribution in [0, 0.1) is 0 Å². The monoisotopic (exact) mass is 393 g/mol. The van der Waals surface area contributed by atoms with Crippen LogP contribution in [0.3, 0.4) is 0 Å². The van der Waals surface area contributed by atoms with Crippen molar-refractivity contribution >= 4 is 23.5 Å². The van der Waals surface area contributed by atoms with Crippen LogP contribution >= 0.6 is 0 Å². The molecule has 8 heteroatoms. The fourth-order valence-corrected chi connectivity index (χ4v) is 3.93. The third kappa shape index (κ3) is 3.58. The summed E-state index contributed by atoms with van der Waals surface area (Å²) in [5.41, 5.74) is 9.27. The quantitative estimate of drug-likeness (QED) is 0.732. The highest BCUT2D eigenvalue weighted by molar-refractivity contribution is 6.05. The van der Waals surface area contributed by atoms with Gasteiger partial charge in [0.15, 0.2) is 0 Å². The van der Waals surface area contributed by atoms with Gasteiger partial charge in [0, 0.05) is 44.9 Å². The number of aromatic nitrogens is 1. The molecule has 0 aliphatic carbocycles. The Hall–Kier alpha value is -3.26. The number of hydrogen-bond donors (Lipinski definition) is 2. The molecule has 1 aromatic heterocycles. The van der Waals surface area contributed by atoms with E-state index in [1.54, 1.807) is 17.2 Å². The first-order chi connectivity index (χ1) is 14.0. The SMILES string of the molecule is CN(Cc1cccc2c1CN(C1CCC(=O)NC1=O)C2=O)c1cc(CN)ccn1. The van der Waals surface area contributed by atoms with Gasteiger partial charge in [-0.1, -0.05) is 12.1 Å². The Morgan fingerprint density at radius 3 is 2.86 bits per heavy atom. The number of hydrogen-bond acceptors (Lipinski definition) is 6. The van der Waals surface area contributed by atoms with Gasteiger partial charge in [-0.25, -0.2) is 4.98 Å². The lowest BCUT2D eigenvalue weighted by Gasteiger charge is -2.29. The number of rotatable bonds is 5. The average molecular weight is 393 g/mol. The molecule has 1 fully saturated rings. The zero-order chi connectivity index (χ0) is 20.5. The maximum atomic E-state index is 12.9. The Labute approximate surface area is 168 Å². The highest BCUT2D eigenvalue weighted by Crippen LogP contribution is 2.30. The van der Waals surface area contributed by atoms with Crippen molar-refractivity contribution in [2.45, 2.75) is 38.5 Å². The summed E-state index contributed by atoms with van der Waals surface area (Å²) in [6, 6.07) is 8.86. The molecular formula is C21H23N5O3. The van der Waals surface area contributed by atoms with Crippen molar-refractivity contribution < 1.29 is 14.4 Å². The summed E-state index contributed by atoms with van der Waals surface area (Å²) < 4.78 is 0. The molecule has 4 rings (SSSR count). The van der Waals surface area contributed by atoms with Gasteiger partial charge in [0.25, 0.3) is 5.91 Å². The molecule has 150 valence electrons. The summed E-state index contributed by atoms with van der Waals surface area (Å²) in [5, 5.41) is 2.33. The van der Waals surface area contributed by atoms with Crippen LogP contribution < -0.4 is 16.0 Å². The smallest absolute Gasteiger partial charge is 0.255 e. The predicted molar refractivity (Wildman–Crippen MR) is 107 cm³/mol. The van der Waals surface area contributed by atoms with Crippen molar-refractivity contribution in [3.8, 4) is 0 Å². The van der Waals surface area contributed by atoms with E-state index in [2.05, 4.69) is 10.3 Å². The maximum Gasteiger partial charge on any atom is 0.255 e. The second-order valence-electron chi connectivity index (χ2n) is 7.43. The lowest BCUT2D eigenvalue weighted by Crippen LogP contribution is -2.52. The van der Waals surface area contributed by atoms with Crippen LogP contribution in [0.15, 0.2) is 36.5 Å². The molecule has 1 aromatic carbocycles. The minimum absolute atomic E-state index is 0.165. The van der Waals surface area contributed by atoms with Crippen molar-refractivity contribution in [3.63, 3.8) is 0 Å². The van der Waals surface area contributed by atoms with Crippen LogP contribution in [0.2, 0.25) is 0 Å². The summed E-state index contributed by atoms with van der Waals surface area (Å²) in [4.78, 5) is 44.6. The van der Waals surface area contributed by atoms with Gasteiger partial charge in [-0.15, -0.1) is 0 Å². The van der Waals surface area contributed by atoms with Crippen molar-refractivity contribution in [2.24, 2.45) is 5.73 Å². The van der Waals surface area contributed by atoms with Gasteiger partial charge in [0.2, 0.25) is 11.8 Å². The minimum Gasteiger partial charge on any atom is -0.355 e. The van der Waals surface area contributed by atoms with Gasteiger partial charge >= 0.3 is 0 Å². The number of nitrogens with one attached hydrogen (secondary N) is 1. The first kappa shape index (κ1) is 19.1. The topological polar surface area (TPSA) is 109 Å². The van der Waals surface area contributed by atoms with E-state index < -0.39 is 11.9 Å². The number of anilines is 1. The Kier molecular flexibility index (Phi) is 5.02. The molecule has 3 amide bonds. The second kappa shape index (κ2) is 7.63. The highest BCUT2D eigenvalue weighted by Gasteiger charge is 2.39. The molecule has 1 saturated heterocycles. The number of fused-ring (bicyclic) bond motifs is 1. The van der Waals surface area contributed by atoms with Crippen molar-refractivity contribution in [3.05, 3.63) is 58.8 Å². The van der Waals surface area contributed by atoms with Crippen molar-refractivity contribution in [2.75, 3.05) is 11.9 Å². The Bertz CT molecular complexity index is 990. The number of carbonyl (C=O) groups excluding carboxylic acids is 3. The zero-order valence-corrected chi connectivity index (χ0v) is 16.2. The van der Waals surface area contributed by atoms with E-state index in [0.29, 0.717) is 31.6 Å². The normalized spacial score (nSPS) is 18.6. The number of amides is 3. The molecular weight excluding hydrogens is 370 g/mol. The van der Waals surface area contributed by atoms with Crippen molar-refractivity contribution in [1.82, 2.24) is 15.2 Å². The molecule has 2 aromatic rings. The van der Waals surface area contributed by atoms with E-state index in [-0.39, 0.29) is 18.2 Å². The maximum absolute atomic E-state index is 12.9. The summed E-state index contributed by atoms with van der Waals surface area (Å²) in [7, 11) is 1.94. The van der Waals surface area contributed by atoms with Gasteiger partial charge in [-0.05, 0) is 41.3 Å². The fourth-order valence-electron chi connectivity index (χ4n) is 3.93. The molecule has 0 bridgehead atoms. The van der Waals surface area contributed by atoms with Crippen molar-refractivity contribution in [1.29, 1.82) is 0 Å². The molecule has 2 aliphatic rings. The molecule has 0 saturated carbocycles. The van der Waals surface area contributed by atoms with Gasteiger partial charge in [-0.3, -0.25) is 19.7 Å². The number of piperidine rings is 1. The number of benzene rings is 1. The first-order valence-electron chi connectivity index (χ1n) is 9.59. The summed E-state index contributed by atoms with van der Waals surface area (Å²) in [6.45, 7) is 1.38. The van der Waals surface area contributed by atoms with E-state index in [1.165, 1.54) is 0 Å². The zero-order valence-electron chi connectivity index (χ0n) is 16.2. The fraction of sp³-hybridized carbons (Fsp3) is 0.333. The van der Waals surface area contributed by atoms with Crippen LogP contribution in [0.4, 0.5) is 5.82 Å². The van der Waals surface area contributed by atoms with E-state index in [4.69, 9.17) is 5.73 Å². The molecule has 0 spiro atoms. The molecule has 2 aliphatic heterocycles. The molecule has 1 unspecified atom stereocenters. The second-order valence-corrected chi connectivity index (χ2v) is 7.43. The molecule has 3 heterocycles. The average Bonchev–Trinajstić information content (AvgIpc) is 3.05. The van der Waals surface area contributed by atoms with Crippen LogP contribution in [-0.4, -0.2) is 40.7 Å². The third-order valence-electron chi connectivity index (χ3n) is 5.52. The predicted octanol–water partition coefficient (Wildman–Crippen LogP) is 0.938. The Morgan fingerprint density at radius 1 is 1.28 bits per heavy atom. The largest absolute Gasteiger partial charge is 0.355 e. The molecule has 3 N–H and O–H groups in total. The van der Waals surface area contributed by atoms with Gasteiger partial charge < -0.3 is 15.5 Å². The Balaban J connectivity index is 1.57. The van der Waals surface area contributed by atoms with Crippen LogP contribution in [0.1, 0.15) is 39.9 Å². The third-order valence-corrected chi connectivity index (χ3v) is 5.52. The number of nitrogens with two attached hydrogens (primary N) is 1. The van der Waals surface area contributed by atoms with Gasteiger partial charge in [0.05, 0.1) is 0 Å².